The summed E-state index contributed by atoms with van der Waals surface area (Å²) in [7, 11) is 0. The van der Waals surface area contributed by atoms with Crippen LogP contribution in [0.5, 0.6) is 0 Å². The summed E-state index contributed by atoms with van der Waals surface area (Å²) in [4.78, 5) is 5.31. The quantitative estimate of drug-likeness (QED) is 0.763. The van der Waals surface area contributed by atoms with Crippen molar-refractivity contribution in [2.24, 2.45) is 5.73 Å². The molecule has 1 saturated heterocycles. The summed E-state index contributed by atoms with van der Waals surface area (Å²) in [5, 5.41) is 3.62. The molecule has 0 saturated carbocycles. The fraction of sp³-hybridized carbons (Fsp3) is 0.615. The van der Waals surface area contributed by atoms with Gasteiger partial charge in [-0.2, -0.15) is 0 Å². The zero-order valence-corrected chi connectivity index (χ0v) is 18.6. The van der Waals surface area contributed by atoms with Crippen LogP contribution >= 0.6 is 0 Å². The lowest BCUT2D eigenvalue weighted by Crippen LogP contribution is -2.44. The number of nitrogens with zero attached hydrogens (tertiary/aromatic N) is 2. The van der Waals surface area contributed by atoms with E-state index in [1.54, 1.807) is 0 Å². The molecule has 6 heterocycles. The monoisotopic (exact) mass is 408 g/mol. The van der Waals surface area contributed by atoms with Crippen LogP contribution in [0.4, 0.5) is 0 Å². The Hall–Kier alpha value is -1.62. The second-order valence-corrected chi connectivity index (χ2v) is 9.18. The third-order valence-electron chi connectivity index (χ3n) is 6.91. The van der Waals surface area contributed by atoms with Gasteiger partial charge < -0.3 is 16.0 Å². The molecule has 0 spiro atoms. The summed E-state index contributed by atoms with van der Waals surface area (Å²) in [5.41, 5.74) is 11.8. The van der Waals surface area contributed by atoms with E-state index in [1.807, 2.05) is 0 Å². The molecule has 1 aromatic carbocycles. The van der Waals surface area contributed by atoms with E-state index in [1.165, 1.54) is 93.4 Å². The van der Waals surface area contributed by atoms with Gasteiger partial charge in [-0.25, -0.2) is 0 Å². The third-order valence-corrected chi connectivity index (χ3v) is 6.91. The predicted molar refractivity (Wildman–Crippen MR) is 126 cm³/mol. The SMILES string of the molecule is NCC1=CC2=CCN1C(N1CCCCCCCNCCCCC1)c1ccc(cc1)C2. The van der Waals surface area contributed by atoms with Crippen LogP contribution in [0.2, 0.25) is 0 Å². The van der Waals surface area contributed by atoms with E-state index in [4.69, 9.17) is 5.73 Å². The fourth-order valence-electron chi connectivity index (χ4n) is 5.19. The van der Waals surface area contributed by atoms with E-state index in [2.05, 4.69) is 51.5 Å². The summed E-state index contributed by atoms with van der Waals surface area (Å²) in [6.45, 7) is 6.30. The van der Waals surface area contributed by atoms with E-state index in [-0.39, 0.29) is 6.17 Å². The first-order chi connectivity index (χ1) is 14.8. The second-order valence-electron chi connectivity index (χ2n) is 9.18. The van der Waals surface area contributed by atoms with Crippen LogP contribution in [0.1, 0.15) is 68.7 Å². The zero-order valence-electron chi connectivity index (χ0n) is 18.6. The first-order valence-electron chi connectivity index (χ1n) is 12.2. The first-order valence-corrected chi connectivity index (χ1v) is 12.2. The van der Waals surface area contributed by atoms with Gasteiger partial charge in [0, 0.05) is 31.9 Å². The topological polar surface area (TPSA) is 44.5 Å². The molecule has 0 aliphatic carbocycles. The Labute approximate surface area is 183 Å². The average molecular weight is 409 g/mol. The molecular formula is C26H40N4. The maximum Gasteiger partial charge on any atom is 0.108 e. The highest BCUT2D eigenvalue weighted by Gasteiger charge is 2.29. The van der Waals surface area contributed by atoms with Gasteiger partial charge in [0.05, 0.1) is 0 Å². The van der Waals surface area contributed by atoms with Gasteiger partial charge in [-0.3, -0.25) is 4.90 Å². The number of nitrogens with one attached hydrogen (secondary N) is 1. The largest absolute Gasteiger partial charge is 0.350 e. The van der Waals surface area contributed by atoms with Gasteiger partial charge in [0.25, 0.3) is 0 Å². The van der Waals surface area contributed by atoms with Gasteiger partial charge in [0.15, 0.2) is 0 Å². The lowest BCUT2D eigenvalue weighted by Gasteiger charge is -2.44. The van der Waals surface area contributed by atoms with Gasteiger partial charge in [-0.05, 0) is 68.0 Å². The molecule has 30 heavy (non-hydrogen) atoms. The molecular weight excluding hydrogens is 368 g/mol. The van der Waals surface area contributed by atoms with Crippen LogP contribution in [0, 0.1) is 0 Å². The Morgan fingerprint density at radius 2 is 1.53 bits per heavy atom. The lowest BCUT2D eigenvalue weighted by atomic mass is 9.95. The Morgan fingerprint density at radius 1 is 0.867 bits per heavy atom. The zero-order chi connectivity index (χ0) is 20.6. The number of allylic oxidation sites excluding steroid dienone is 2. The second kappa shape index (κ2) is 11.1. The summed E-state index contributed by atoms with van der Waals surface area (Å²) in [6.07, 6.45) is 16.6. The fourth-order valence-corrected chi connectivity index (χ4v) is 5.19. The molecule has 164 valence electrons. The van der Waals surface area contributed by atoms with Crippen molar-refractivity contribution >= 4 is 0 Å². The predicted octanol–water partition coefficient (Wildman–Crippen LogP) is 4.35. The van der Waals surface area contributed by atoms with Crippen LogP contribution in [0.3, 0.4) is 0 Å². The average Bonchev–Trinajstić information content (AvgIpc) is 2.79. The standard InChI is InChI=1S/C26H40N4/c27-21-25-20-23-13-18-30(25)26(24-11-9-22(19-23)10-12-24)29-16-7-3-1-2-5-14-28-15-6-4-8-17-29/h9-13,20,26,28H,1-8,14-19,21,27H2. The molecule has 4 heteroatoms. The van der Waals surface area contributed by atoms with Gasteiger partial charge in [0.1, 0.15) is 6.17 Å². The minimum atomic E-state index is 0.288. The third kappa shape index (κ3) is 5.54. The van der Waals surface area contributed by atoms with Crippen LogP contribution in [0.15, 0.2) is 47.7 Å². The van der Waals surface area contributed by atoms with Crippen molar-refractivity contribution in [3.8, 4) is 0 Å². The number of nitrogens with two attached hydrogens (primary N) is 1. The normalized spacial score (nSPS) is 24.8. The highest BCUT2D eigenvalue weighted by Crippen LogP contribution is 2.34. The van der Waals surface area contributed by atoms with Crippen LogP contribution in [-0.2, 0) is 6.42 Å². The molecule has 0 aromatic heterocycles. The summed E-state index contributed by atoms with van der Waals surface area (Å²) in [6, 6.07) is 9.39. The molecule has 6 aliphatic heterocycles. The molecule has 1 fully saturated rings. The van der Waals surface area contributed by atoms with Crippen molar-refractivity contribution in [3.05, 3.63) is 58.8 Å². The smallest absolute Gasteiger partial charge is 0.108 e. The van der Waals surface area contributed by atoms with Crippen LogP contribution < -0.4 is 11.1 Å². The highest BCUT2D eigenvalue weighted by molar-refractivity contribution is 5.38. The molecule has 1 atom stereocenters. The van der Waals surface area contributed by atoms with E-state index < -0.39 is 0 Å². The maximum absolute atomic E-state index is 6.25. The van der Waals surface area contributed by atoms with Gasteiger partial charge in [0.2, 0.25) is 0 Å². The molecule has 4 bridgehead atoms. The Kier molecular flexibility index (Phi) is 8.01. The lowest BCUT2D eigenvalue weighted by molar-refractivity contribution is 0.0673. The number of hydrogen-bond acceptors (Lipinski definition) is 4. The van der Waals surface area contributed by atoms with Crippen LogP contribution in [0.25, 0.3) is 0 Å². The molecule has 1 unspecified atom stereocenters. The molecule has 7 rings (SSSR count). The molecule has 4 nitrogen and oxygen atoms in total. The van der Waals surface area contributed by atoms with E-state index in [0.717, 1.165) is 19.5 Å². The Morgan fingerprint density at radius 3 is 2.27 bits per heavy atom. The van der Waals surface area contributed by atoms with E-state index in [0.29, 0.717) is 6.54 Å². The Bertz CT molecular complexity index is 707. The minimum Gasteiger partial charge on any atom is -0.350 e. The number of rotatable bonds is 2. The molecule has 1 aromatic rings. The Balaban J connectivity index is 1.58. The van der Waals surface area contributed by atoms with Crippen molar-refractivity contribution in [2.45, 2.75) is 64.0 Å². The number of hydrogen-bond donors (Lipinski definition) is 2. The van der Waals surface area contributed by atoms with Crippen molar-refractivity contribution in [1.29, 1.82) is 0 Å². The van der Waals surface area contributed by atoms with Crippen LogP contribution in [-0.4, -0.2) is 49.1 Å². The molecule has 0 amide bonds. The van der Waals surface area contributed by atoms with E-state index in [9.17, 15) is 0 Å². The van der Waals surface area contributed by atoms with E-state index >= 15 is 0 Å². The van der Waals surface area contributed by atoms with Crippen molar-refractivity contribution in [3.63, 3.8) is 0 Å². The van der Waals surface area contributed by atoms with Gasteiger partial charge in [-0.15, -0.1) is 0 Å². The number of benzene rings is 1. The van der Waals surface area contributed by atoms with Crippen molar-refractivity contribution < 1.29 is 0 Å². The first kappa shape index (κ1) is 21.6. The van der Waals surface area contributed by atoms with Gasteiger partial charge in [-0.1, -0.05) is 56.0 Å². The summed E-state index contributed by atoms with van der Waals surface area (Å²) >= 11 is 0. The van der Waals surface area contributed by atoms with Gasteiger partial charge >= 0.3 is 0 Å². The van der Waals surface area contributed by atoms with Crippen molar-refractivity contribution in [2.75, 3.05) is 39.3 Å². The molecule has 6 aliphatic rings. The highest BCUT2D eigenvalue weighted by atomic mass is 15.4. The summed E-state index contributed by atoms with van der Waals surface area (Å²) in [5.74, 6) is 0. The molecule has 3 N–H and O–H groups in total. The minimum absolute atomic E-state index is 0.288. The summed E-state index contributed by atoms with van der Waals surface area (Å²) < 4.78 is 0. The molecule has 0 radical (unpaired) electrons. The van der Waals surface area contributed by atoms with Crippen molar-refractivity contribution in [1.82, 2.24) is 15.1 Å². The maximum atomic E-state index is 6.25.